The second-order valence-corrected chi connectivity index (χ2v) is 4.86. The zero-order valence-corrected chi connectivity index (χ0v) is 9.83. The molecule has 1 aromatic rings. The first kappa shape index (κ1) is 10.8. The minimum atomic E-state index is -1.04. The second-order valence-electron chi connectivity index (χ2n) is 4.86. The summed E-state index contributed by atoms with van der Waals surface area (Å²) in [6.07, 6.45) is 0.778. The molecule has 17 heavy (non-hydrogen) atoms. The Hall–Kier alpha value is -1.29. The molecule has 1 aliphatic carbocycles. The number of nitrogens with two attached hydrogens (primary N) is 1. The normalized spacial score (nSPS) is 22.1. The predicted molar refractivity (Wildman–Crippen MR) is 62.1 cm³/mol. The lowest BCUT2D eigenvalue weighted by Gasteiger charge is -2.23. The van der Waals surface area contributed by atoms with Crippen LogP contribution in [0, 0.1) is 0 Å². The van der Waals surface area contributed by atoms with Crippen LogP contribution in [0.15, 0.2) is 12.1 Å². The molecule has 1 unspecified atom stereocenters. The van der Waals surface area contributed by atoms with Crippen LogP contribution >= 0.6 is 0 Å². The summed E-state index contributed by atoms with van der Waals surface area (Å²) < 4.78 is 24.7. The van der Waals surface area contributed by atoms with Gasteiger partial charge in [0.05, 0.1) is 0 Å². The molecule has 1 saturated carbocycles. The van der Waals surface area contributed by atoms with E-state index in [1.807, 2.05) is 6.07 Å². The summed E-state index contributed by atoms with van der Waals surface area (Å²) in [5.41, 5.74) is 7.33. The van der Waals surface area contributed by atoms with Crippen LogP contribution in [-0.2, 0) is 5.54 Å². The summed E-state index contributed by atoms with van der Waals surface area (Å²) in [6, 6.07) is 3.59. The molecule has 3 nitrogen and oxygen atoms in total. The van der Waals surface area contributed by atoms with E-state index in [-0.39, 0.29) is 5.54 Å². The molecule has 1 aliphatic heterocycles. The lowest BCUT2D eigenvalue weighted by Crippen LogP contribution is -2.23. The van der Waals surface area contributed by atoms with E-state index in [1.165, 1.54) is 6.92 Å². The summed E-state index contributed by atoms with van der Waals surface area (Å²) in [4.78, 5) is 0. The van der Waals surface area contributed by atoms with E-state index in [2.05, 4.69) is 0 Å². The number of ether oxygens (including phenoxy) is 2. The first-order valence-corrected chi connectivity index (χ1v) is 5.97. The van der Waals surface area contributed by atoms with Crippen molar-refractivity contribution in [2.75, 3.05) is 13.2 Å². The molecule has 0 saturated heterocycles. The maximum absolute atomic E-state index is 13.7. The van der Waals surface area contributed by atoms with Crippen LogP contribution in [0.5, 0.6) is 11.5 Å². The average Bonchev–Trinajstić information content (AvgIpc) is 3.07. The molecular weight excluding hydrogens is 221 g/mol. The van der Waals surface area contributed by atoms with Crippen molar-refractivity contribution in [3.8, 4) is 11.5 Å². The Morgan fingerprint density at radius 3 is 2.35 bits per heavy atom. The van der Waals surface area contributed by atoms with Gasteiger partial charge in [0, 0.05) is 5.54 Å². The van der Waals surface area contributed by atoms with Crippen molar-refractivity contribution in [3.63, 3.8) is 0 Å². The first-order chi connectivity index (χ1) is 8.10. The highest BCUT2D eigenvalue weighted by Gasteiger charge is 2.43. The van der Waals surface area contributed by atoms with E-state index in [4.69, 9.17) is 15.2 Å². The number of halogens is 1. The van der Waals surface area contributed by atoms with Crippen molar-refractivity contribution in [2.24, 2.45) is 5.73 Å². The van der Waals surface area contributed by atoms with Crippen molar-refractivity contribution in [2.45, 2.75) is 31.5 Å². The molecule has 0 spiro atoms. The zero-order chi connectivity index (χ0) is 12.0. The molecule has 2 N–H and O–H groups in total. The van der Waals surface area contributed by atoms with Gasteiger partial charge in [-0.25, -0.2) is 4.39 Å². The highest BCUT2D eigenvalue weighted by Crippen LogP contribution is 2.49. The highest BCUT2D eigenvalue weighted by atomic mass is 19.1. The fourth-order valence-corrected chi connectivity index (χ4v) is 2.27. The van der Waals surface area contributed by atoms with Crippen LogP contribution in [0.2, 0.25) is 0 Å². The molecule has 3 rings (SSSR count). The summed E-state index contributed by atoms with van der Waals surface area (Å²) in [6.45, 7) is 2.58. The Balaban J connectivity index is 2.11. The fourth-order valence-electron chi connectivity index (χ4n) is 2.27. The minimum Gasteiger partial charge on any atom is -0.486 e. The average molecular weight is 237 g/mol. The molecule has 1 fully saturated rings. The quantitative estimate of drug-likeness (QED) is 0.859. The number of fused-ring (bicyclic) bond motifs is 1. The fraction of sp³-hybridized carbons (Fsp3) is 0.538. The van der Waals surface area contributed by atoms with Crippen LogP contribution in [0.4, 0.5) is 4.39 Å². The SMILES string of the molecule is CC(F)c1cc2c(cc1C1(N)CC1)OCCO2. The third kappa shape index (κ3) is 1.76. The molecule has 0 radical (unpaired) electrons. The molecule has 0 bridgehead atoms. The Labute approximate surface area is 99.7 Å². The van der Waals surface area contributed by atoms with E-state index >= 15 is 0 Å². The Kier molecular flexibility index (Phi) is 2.30. The van der Waals surface area contributed by atoms with E-state index in [1.54, 1.807) is 6.07 Å². The Morgan fingerprint density at radius 2 is 1.82 bits per heavy atom. The monoisotopic (exact) mass is 237 g/mol. The highest BCUT2D eigenvalue weighted by molar-refractivity contribution is 5.52. The summed E-state index contributed by atoms with van der Waals surface area (Å²) in [7, 11) is 0. The van der Waals surface area contributed by atoms with Crippen molar-refractivity contribution in [1.82, 2.24) is 0 Å². The summed E-state index contributed by atoms with van der Waals surface area (Å²) >= 11 is 0. The van der Waals surface area contributed by atoms with Crippen molar-refractivity contribution < 1.29 is 13.9 Å². The second kappa shape index (κ2) is 3.60. The van der Waals surface area contributed by atoms with Gasteiger partial charge in [0.15, 0.2) is 11.5 Å². The van der Waals surface area contributed by atoms with Gasteiger partial charge in [0.2, 0.25) is 0 Å². The van der Waals surface area contributed by atoms with Crippen molar-refractivity contribution >= 4 is 0 Å². The maximum atomic E-state index is 13.7. The van der Waals surface area contributed by atoms with Crippen LogP contribution in [0.25, 0.3) is 0 Å². The molecule has 0 amide bonds. The number of hydrogen-bond acceptors (Lipinski definition) is 3. The van der Waals surface area contributed by atoms with E-state index in [0.29, 0.717) is 30.3 Å². The molecular formula is C13H16FNO2. The number of rotatable bonds is 2. The van der Waals surface area contributed by atoms with Crippen LogP contribution in [-0.4, -0.2) is 13.2 Å². The Bertz CT molecular complexity index is 455. The third-order valence-corrected chi connectivity index (χ3v) is 3.47. The van der Waals surface area contributed by atoms with E-state index in [9.17, 15) is 4.39 Å². The van der Waals surface area contributed by atoms with Gasteiger partial charge in [-0.1, -0.05) is 0 Å². The van der Waals surface area contributed by atoms with Gasteiger partial charge in [-0.2, -0.15) is 0 Å². The molecule has 2 aliphatic rings. The maximum Gasteiger partial charge on any atom is 0.161 e. The molecule has 1 aromatic carbocycles. The molecule has 0 aromatic heterocycles. The lowest BCUT2D eigenvalue weighted by atomic mass is 9.95. The predicted octanol–water partition coefficient (Wildman–Crippen LogP) is 2.44. The first-order valence-electron chi connectivity index (χ1n) is 5.97. The van der Waals surface area contributed by atoms with Gasteiger partial charge < -0.3 is 15.2 Å². The van der Waals surface area contributed by atoms with Gasteiger partial charge in [0.1, 0.15) is 19.4 Å². The molecule has 92 valence electrons. The third-order valence-electron chi connectivity index (χ3n) is 3.47. The standard InChI is InChI=1S/C13H16FNO2/c1-8(14)9-6-11-12(17-5-4-16-11)7-10(9)13(15)2-3-13/h6-8H,2-5,15H2,1H3. The number of hydrogen-bond donors (Lipinski definition) is 1. The van der Waals surface area contributed by atoms with Gasteiger partial charge in [-0.05, 0) is 43.0 Å². The largest absolute Gasteiger partial charge is 0.486 e. The molecule has 1 heterocycles. The van der Waals surface area contributed by atoms with Crippen molar-refractivity contribution in [3.05, 3.63) is 23.3 Å². The molecule has 1 atom stereocenters. The van der Waals surface area contributed by atoms with Crippen molar-refractivity contribution in [1.29, 1.82) is 0 Å². The lowest BCUT2D eigenvalue weighted by molar-refractivity contribution is 0.170. The molecule has 4 heteroatoms. The zero-order valence-electron chi connectivity index (χ0n) is 9.83. The van der Waals surface area contributed by atoms with E-state index in [0.717, 1.165) is 18.4 Å². The van der Waals surface area contributed by atoms with Crippen LogP contribution in [0.3, 0.4) is 0 Å². The van der Waals surface area contributed by atoms with Gasteiger partial charge in [0.25, 0.3) is 0 Å². The summed E-state index contributed by atoms with van der Waals surface area (Å²) in [5.74, 6) is 1.32. The van der Waals surface area contributed by atoms with E-state index < -0.39 is 6.17 Å². The topological polar surface area (TPSA) is 44.5 Å². The van der Waals surface area contributed by atoms with Crippen LogP contribution in [0.1, 0.15) is 37.1 Å². The summed E-state index contributed by atoms with van der Waals surface area (Å²) in [5, 5.41) is 0. The minimum absolute atomic E-state index is 0.356. The van der Waals surface area contributed by atoms with Gasteiger partial charge >= 0.3 is 0 Å². The van der Waals surface area contributed by atoms with Crippen LogP contribution < -0.4 is 15.2 Å². The Morgan fingerprint density at radius 1 is 1.24 bits per heavy atom. The number of alkyl halides is 1. The van der Waals surface area contributed by atoms with Gasteiger partial charge in [-0.3, -0.25) is 0 Å². The van der Waals surface area contributed by atoms with Gasteiger partial charge in [-0.15, -0.1) is 0 Å². The smallest absolute Gasteiger partial charge is 0.161 e. The number of benzene rings is 1.